The van der Waals surface area contributed by atoms with Crippen molar-refractivity contribution >= 4 is 12.0 Å². The summed E-state index contributed by atoms with van der Waals surface area (Å²) in [6.07, 6.45) is -1.30. The molecule has 0 heterocycles. The van der Waals surface area contributed by atoms with Gasteiger partial charge in [-0.25, -0.2) is 9.69 Å². The maximum Gasteiger partial charge on any atom is 0.413 e. The standard InChI is InChI=1S/C10H10NO4/c1-11(10(13)14)9(12)7-15-8-5-3-2-4-6-8/h2-3,5-6H,7H2,1H3,(H,13,14). The lowest BCUT2D eigenvalue weighted by Gasteiger charge is -2.11. The number of benzene rings is 1. The monoisotopic (exact) mass is 208 g/mol. The molecule has 0 spiro atoms. The van der Waals surface area contributed by atoms with Crippen molar-refractivity contribution < 1.29 is 19.4 Å². The molecule has 2 amide bonds. The highest BCUT2D eigenvalue weighted by Gasteiger charge is 2.15. The number of amides is 2. The van der Waals surface area contributed by atoms with Crippen LogP contribution >= 0.6 is 0 Å². The van der Waals surface area contributed by atoms with E-state index < -0.39 is 12.0 Å². The van der Waals surface area contributed by atoms with Crippen LogP contribution in [0.4, 0.5) is 4.79 Å². The molecule has 5 nitrogen and oxygen atoms in total. The fraction of sp³-hybridized carbons (Fsp3) is 0.200. The number of hydrogen-bond donors (Lipinski definition) is 1. The van der Waals surface area contributed by atoms with Crippen LogP contribution in [-0.2, 0) is 4.79 Å². The van der Waals surface area contributed by atoms with Gasteiger partial charge in [0.1, 0.15) is 5.75 Å². The van der Waals surface area contributed by atoms with Crippen molar-refractivity contribution in [1.82, 2.24) is 4.90 Å². The molecule has 0 aliphatic heterocycles. The highest BCUT2D eigenvalue weighted by molar-refractivity contribution is 5.91. The lowest BCUT2D eigenvalue weighted by Crippen LogP contribution is -2.35. The lowest BCUT2D eigenvalue weighted by molar-refractivity contribution is -0.130. The highest BCUT2D eigenvalue weighted by atomic mass is 16.5. The van der Waals surface area contributed by atoms with Crippen molar-refractivity contribution in [1.29, 1.82) is 0 Å². The summed E-state index contributed by atoms with van der Waals surface area (Å²) in [6, 6.07) is 9.39. The molecule has 0 aliphatic carbocycles. The van der Waals surface area contributed by atoms with Crippen LogP contribution < -0.4 is 4.74 Å². The molecule has 0 fully saturated rings. The molecule has 1 radical (unpaired) electrons. The third-order valence-electron chi connectivity index (χ3n) is 1.70. The highest BCUT2D eigenvalue weighted by Crippen LogP contribution is 2.07. The van der Waals surface area contributed by atoms with Gasteiger partial charge in [-0.2, -0.15) is 0 Å². The molecule has 1 aromatic carbocycles. The zero-order valence-electron chi connectivity index (χ0n) is 8.14. The Bertz CT molecular complexity index is 350. The average molecular weight is 208 g/mol. The van der Waals surface area contributed by atoms with Crippen LogP contribution in [0.25, 0.3) is 0 Å². The van der Waals surface area contributed by atoms with Crippen molar-refractivity contribution in [3.8, 4) is 5.75 Å². The van der Waals surface area contributed by atoms with Gasteiger partial charge in [0, 0.05) is 7.05 Å². The van der Waals surface area contributed by atoms with E-state index in [1.54, 1.807) is 24.3 Å². The molecule has 79 valence electrons. The summed E-state index contributed by atoms with van der Waals surface area (Å²) in [4.78, 5) is 22.1. The minimum atomic E-state index is -1.30. The predicted octanol–water partition coefficient (Wildman–Crippen LogP) is 1.00. The second kappa shape index (κ2) is 4.99. The van der Waals surface area contributed by atoms with E-state index >= 15 is 0 Å². The Kier molecular flexibility index (Phi) is 3.68. The molecule has 1 rings (SSSR count). The Hall–Kier alpha value is -2.04. The number of ether oxygens (including phenoxy) is 1. The summed E-state index contributed by atoms with van der Waals surface area (Å²) in [5.74, 6) is -0.143. The minimum Gasteiger partial charge on any atom is -0.484 e. The molecule has 0 saturated carbocycles. The van der Waals surface area contributed by atoms with E-state index in [0.717, 1.165) is 0 Å². The molecular formula is C10H10NO4. The van der Waals surface area contributed by atoms with Gasteiger partial charge >= 0.3 is 6.09 Å². The molecule has 15 heavy (non-hydrogen) atoms. The lowest BCUT2D eigenvalue weighted by atomic mass is 10.3. The van der Waals surface area contributed by atoms with Crippen molar-refractivity contribution in [3.05, 3.63) is 30.3 Å². The van der Waals surface area contributed by atoms with Crippen LogP contribution in [0.1, 0.15) is 0 Å². The van der Waals surface area contributed by atoms with Gasteiger partial charge in [-0.15, -0.1) is 0 Å². The van der Waals surface area contributed by atoms with Gasteiger partial charge in [0.2, 0.25) is 0 Å². The van der Waals surface area contributed by atoms with Crippen LogP contribution in [0.5, 0.6) is 5.75 Å². The first kappa shape index (κ1) is 11.0. The Morgan fingerprint density at radius 2 is 2.33 bits per heavy atom. The Labute approximate surface area is 86.9 Å². The van der Waals surface area contributed by atoms with E-state index in [1.165, 1.54) is 7.05 Å². The number of likely N-dealkylation sites (N-methyl/N-ethyl adjacent to an activating group) is 1. The van der Waals surface area contributed by atoms with Crippen molar-refractivity contribution in [3.63, 3.8) is 0 Å². The third kappa shape index (κ3) is 3.30. The van der Waals surface area contributed by atoms with Gasteiger partial charge in [-0.1, -0.05) is 12.1 Å². The largest absolute Gasteiger partial charge is 0.484 e. The Balaban J connectivity index is 2.44. The molecule has 0 bridgehead atoms. The molecule has 0 aromatic heterocycles. The van der Waals surface area contributed by atoms with Gasteiger partial charge in [-0.3, -0.25) is 4.79 Å². The first-order valence-electron chi connectivity index (χ1n) is 4.19. The Morgan fingerprint density at radius 3 is 2.87 bits per heavy atom. The van der Waals surface area contributed by atoms with Crippen molar-refractivity contribution in [2.45, 2.75) is 0 Å². The topological polar surface area (TPSA) is 66.8 Å². The van der Waals surface area contributed by atoms with E-state index in [4.69, 9.17) is 9.84 Å². The number of hydrogen-bond acceptors (Lipinski definition) is 3. The van der Waals surface area contributed by atoms with E-state index in [1.807, 2.05) is 0 Å². The summed E-state index contributed by atoms with van der Waals surface area (Å²) >= 11 is 0. The predicted molar refractivity (Wildman–Crippen MR) is 51.6 cm³/mol. The van der Waals surface area contributed by atoms with Gasteiger partial charge in [-0.05, 0) is 18.2 Å². The average Bonchev–Trinajstić information content (AvgIpc) is 2.26. The summed E-state index contributed by atoms with van der Waals surface area (Å²) in [6.45, 7) is -0.305. The van der Waals surface area contributed by atoms with Crippen LogP contribution in [0.2, 0.25) is 0 Å². The van der Waals surface area contributed by atoms with Crippen LogP contribution in [0.15, 0.2) is 24.3 Å². The zero-order chi connectivity index (χ0) is 11.3. The third-order valence-corrected chi connectivity index (χ3v) is 1.70. The number of rotatable bonds is 3. The second-order valence-electron chi connectivity index (χ2n) is 2.76. The number of carbonyl (C=O) groups is 2. The minimum absolute atomic E-state index is 0.305. The fourth-order valence-corrected chi connectivity index (χ4v) is 0.815. The SMILES string of the molecule is CN(C(=O)O)C(=O)COc1c[c]ccc1. The van der Waals surface area contributed by atoms with E-state index in [0.29, 0.717) is 10.6 Å². The first-order chi connectivity index (χ1) is 7.11. The van der Waals surface area contributed by atoms with Crippen molar-refractivity contribution in [2.24, 2.45) is 0 Å². The molecule has 1 aromatic rings. The normalized spacial score (nSPS) is 9.40. The number of carbonyl (C=O) groups excluding carboxylic acids is 1. The zero-order valence-corrected chi connectivity index (χ0v) is 8.14. The smallest absolute Gasteiger partial charge is 0.413 e. The molecule has 5 heteroatoms. The molecular weight excluding hydrogens is 198 g/mol. The van der Waals surface area contributed by atoms with Gasteiger partial charge in [0.05, 0.1) is 0 Å². The van der Waals surface area contributed by atoms with Crippen molar-refractivity contribution in [2.75, 3.05) is 13.7 Å². The molecule has 0 unspecified atom stereocenters. The van der Waals surface area contributed by atoms with Gasteiger partial charge < -0.3 is 9.84 Å². The molecule has 0 aliphatic rings. The molecule has 1 N–H and O–H groups in total. The van der Waals surface area contributed by atoms with E-state index in [-0.39, 0.29) is 6.61 Å². The first-order valence-corrected chi connectivity index (χ1v) is 4.19. The van der Waals surface area contributed by atoms with E-state index in [9.17, 15) is 9.59 Å². The van der Waals surface area contributed by atoms with E-state index in [2.05, 4.69) is 6.07 Å². The van der Waals surface area contributed by atoms with Crippen LogP contribution in [0.3, 0.4) is 0 Å². The fourth-order valence-electron chi connectivity index (χ4n) is 0.815. The van der Waals surface area contributed by atoms with Crippen LogP contribution in [-0.4, -0.2) is 35.7 Å². The van der Waals surface area contributed by atoms with Gasteiger partial charge in [0.15, 0.2) is 6.61 Å². The molecule has 0 saturated heterocycles. The quantitative estimate of drug-likeness (QED) is 0.804. The summed E-state index contributed by atoms with van der Waals surface area (Å²) in [5, 5.41) is 8.49. The maximum absolute atomic E-state index is 11.2. The van der Waals surface area contributed by atoms with Gasteiger partial charge in [0.25, 0.3) is 5.91 Å². The summed E-state index contributed by atoms with van der Waals surface area (Å²) in [5.41, 5.74) is 0. The summed E-state index contributed by atoms with van der Waals surface area (Å²) < 4.78 is 5.05. The number of carboxylic acid groups (broad SMARTS) is 1. The molecule has 0 atom stereocenters. The second-order valence-corrected chi connectivity index (χ2v) is 2.76. The maximum atomic E-state index is 11.2. The number of imide groups is 1. The summed E-state index contributed by atoms with van der Waals surface area (Å²) in [7, 11) is 1.17. The van der Waals surface area contributed by atoms with Crippen LogP contribution in [0, 0.1) is 6.07 Å². The number of nitrogens with zero attached hydrogens (tertiary/aromatic N) is 1. The Morgan fingerprint density at radius 1 is 1.60 bits per heavy atom.